The summed E-state index contributed by atoms with van der Waals surface area (Å²) >= 11 is 5.66. The van der Waals surface area contributed by atoms with Gasteiger partial charge in [0, 0.05) is 23.3 Å². The van der Waals surface area contributed by atoms with Crippen molar-refractivity contribution in [2.45, 2.75) is 11.8 Å². The van der Waals surface area contributed by atoms with Crippen LogP contribution in [0.2, 0.25) is 5.02 Å². The van der Waals surface area contributed by atoms with E-state index in [0.717, 1.165) is 16.4 Å². The quantitative estimate of drug-likeness (QED) is 0.774. The highest BCUT2D eigenvalue weighted by molar-refractivity contribution is 7.89. The molecular weight excluding hydrogens is 383 g/mol. The smallest absolute Gasteiger partial charge is 0.246 e. The number of carbonyl (C=O) groups excluding carboxylic acids is 1. The van der Waals surface area contributed by atoms with Gasteiger partial charge >= 0.3 is 0 Å². The molecule has 1 amide bonds. The van der Waals surface area contributed by atoms with Gasteiger partial charge in [0.05, 0.1) is 13.7 Å². The lowest BCUT2D eigenvalue weighted by molar-refractivity contribution is -0.116. The summed E-state index contributed by atoms with van der Waals surface area (Å²) < 4.78 is 45.2. The van der Waals surface area contributed by atoms with E-state index in [9.17, 15) is 17.6 Å². The van der Waals surface area contributed by atoms with Crippen molar-refractivity contribution in [3.05, 3.63) is 53.3 Å². The van der Waals surface area contributed by atoms with E-state index in [1.807, 2.05) is 0 Å². The zero-order valence-corrected chi connectivity index (χ0v) is 15.8. The van der Waals surface area contributed by atoms with Gasteiger partial charge in [0.1, 0.15) is 16.5 Å². The van der Waals surface area contributed by atoms with E-state index in [0.29, 0.717) is 11.4 Å². The van der Waals surface area contributed by atoms with E-state index in [2.05, 4.69) is 5.32 Å². The monoisotopic (exact) mass is 400 g/mol. The number of amides is 1. The second-order valence-electron chi connectivity index (χ2n) is 5.29. The van der Waals surface area contributed by atoms with Crippen LogP contribution in [0.1, 0.15) is 6.92 Å². The number of nitrogens with zero attached hydrogens (tertiary/aromatic N) is 1. The number of anilines is 1. The van der Waals surface area contributed by atoms with E-state index >= 15 is 0 Å². The molecule has 0 radical (unpaired) electrons. The zero-order valence-electron chi connectivity index (χ0n) is 14.2. The van der Waals surface area contributed by atoms with E-state index < -0.39 is 33.2 Å². The Morgan fingerprint density at radius 3 is 2.62 bits per heavy atom. The van der Waals surface area contributed by atoms with Crippen LogP contribution >= 0.6 is 11.6 Å². The third-order valence-corrected chi connectivity index (χ3v) is 5.73. The predicted octanol–water partition coefficient (Wildman–Crippen LogP) is 3.14. The summed E-state index contributed by atoms with van der Waals surface area (Å²) in [7, 11) is -2.69. The Balaban J connectivity index is 2.18. The molecule has 6 nitrogen and oxygen atoms in total. The first-order valence-corrected chi connectivity index (χ1v) is 9.49. The van der Waals surface area contributed by atoms with Crippen LogP contribution in [0.15, 0.2) is 47.4 Å². The molecule has 2 rings (SSSR count). The standard InChI is InChI=1S/C17H18ClFN2O4S/c1-3-21(26(23,24)16-8-7-12(18)9-15(16)19)11-17(22)20-13-5-4-6-14(10-13)25-2/h4-10H,3,11H2,1-2H3,(H,20,22). The molecule has 0 fully saturated rings. The minimum atomic E-state index is -4.18. The average molecular weight is 401 g/mol. The van der Waals surface area contributed by atoms with E-state index in [1.165, 1.54) is 13.2 Å². The van der Waals surface area contributed by atoms with Gasteiger partial charge in [0.25, 0.3) is 0 Å². The van der Waals surface area contributed by atoms with Gasteiger partial charge in [-0.05, 0) is 30.3 Å². The summed E-state index contributed by atoms with van der Waals surface area (Å²) in [5.41, 5.74) is 0.459. The zero-order chi connectivity index (χ0) is 19.3. The highest BCUT2D eigenvalue weighted by Crippen LogP contribution is 2.22. The molecule has 0 saturated heterocycles. The van der Waals surface area contributed by atoms with Gasteiger partial charge in [-0.15, -0.1) is 0 Å². The van der Waals surface area contributed by atoms with Crippen LogP contribution in [-0.2, 0) is 14.8 Å². The second kappa shape index (κ2) is 8.48. The minimum Gasteiger partial charge on any atom is -0.497 e. The summed E-state index contributed by atoms with van der Waals surface area (Å²) in [6.45, 7) is 1.10. The van der Waals surface area contributed by atoms with Crippen molar-refractivity contribution in [2.24, 2.45) is 0 Å². The second-order valence-corrected chi connectivity index (χ2v) is 7.63. The summed E-state index contributed by atoms with van der Waals surface area (Å²) in [4.78, 5) is 11.7. The van der Waals surface area contributed by atoms with Gasteiger partial charge in [0.15, 0.2) is 0 Å². The van der Waals surface area contributed by atoms with Crippen molar-refractivity contribution in [2.75, 3.05) is 25.5 Å². The maximum Gasteiger partial charge on any atom is 0.246 e. The molecule has 0 aromatic heterocycles. The fraction of sp³-hybridized carbons (Fsp3) is 0.235. The fourth-order valence-electron chi connectivity index (χ4n) is 2.25. The Kier molecular flexibility index (Phi) is 6.57. The molecule has 2 aromatic carbocycles. The summed E-state index contributed by atoms with van der Waals surface area (Å²) in [6, 6.07) is 9.91. The Bertz CT molecular complexity index is 905. The lowest BCUT2D eigenvalue weighted by Gasteiger charge is -2.20. The average Bonchev–Trinajstić information content (AvgIpc) is 2.59. The van der Waals surface area contributed by atoms with Crippen molar-refractivity contribution >= 4 is 33.2 Å². The molecule has 0 spiro atoms. The molecule has 9 heteroatoms. The van der Waals surface area contributed by atoms with Crippen LogP contribution in [0.4, 0.5) is 10.1 Å². The number of benzene rings is 2. The van der Waals surface area contributed by atoms with Crippen molar-refractivity contribution in [3.63, 3.8) is 0 Å². The molecule has 0 saturated carbocycles. The van der Waals surface area contributed by atoms with Gasteiger partial charge in [-0.3, -0.25) is 4.79 Å². The van der Waals surface area contributed by atoms with Crippen LogP contribution in [0.25, 0.3) is 0 Å². The number of sulfonamides is 1. The molecule has 26 heavy (non-hydrogen) atoms. The fourth-order valence-corrected chi connectivity index (χ4v) is 3.86. The van der Waals surface area contributed by atoms with Gasteiger partial charge in [-0.1, -0.05) is 24.6 Å². The molecule has 2 aromatic rings. The van der Waals surface area contributed by atoms with E-state index in [-0.39, 0.29) is 11.6 Å². The number of methoxy groups -OCH3 is 1. The van der Waals surface area contributed by atoms with Gasteiger partial charge in [0.2, 0.25) is 15.9 Å². The Hall–Kier alpha value is -2.16. The van der Waals surface area contributed by atoms with Crippen LogP contribution in [-0.4, -0.2) is 38.8 Å². The van der Waals surface area contributed by atoms with Crippen molar-refractivity contribution < 1.29 is 22.3 Å². The molecule has 0 atom stereocenters. The highest BCUT2D eigenvalue weighted by atomic mass is 35.5. The maximum absolute atomic E-state index is 14.0. The molecule has 0 unspecified atom stereocenters. The summed E-state index contributed by atoms with van der Waals surface area (Å²) in [5.74, 6) is -0.979. The number of hydrogen-bond donors (Lipinski definition) is 1. The lowest BCUT2D eigenvalue weighted by Crippen LogP contribution is -2.38. The number of halogens is 2. The Labute approximate surface area is 156 Å². The SMILES string of the molecule is CCN(CC(=O)Nc1cccc(OC)c1)S(=O)(=O)c1ccc(Cl)cc1F. The van der Waals surface area contributed by atoms with E-state index in [4.69, 9.17) is 16.3 Å². The first-order chi connectivity index (χ1) is 12.3. The van der Waals surface area contributed by atoms with E-state index in [1.54, 1.807) is 31.2 Å². The van der Waals surface area contributed by atoms with Gasteiger partial charge < -0.3 is 10.1 Å². The topological polar surface area (TPSA) is 75.7 Å². The molecule has 0 aliphatic carbocycles. The number of ether oxygens (including phenoxy) is 1. The molecule has 1 N–H and O–H groups in total. The highest BCUT2D eigenvalue weighted by Gasteiger charge is 2.28. The predicted molar refractivity (Wildman–Crippen MR) is 97.5 cm³/mol. The Morgan fingerprint density at radius 2 is 2.00 bits per heavy atom. The molecule has 0 bridgehead atoms. The number of rotatable bonds is 7. The van der Waals surface area contributed by atoms with Crippen LogP contribution < -0.4 is 10.1 Å². The first kappa shape index (κ1) is 20.2. The largest absolute Gasteiger partial charge is 0.497 e. The van der Waals surface area contributed by atoms with Crippen LogP contribution in [0, 0.1) is 5.82 Å². The van der Waals surface area contributed by atoms with Crippen LogP contribution in [0.3, 0.4) is 0 Å². The third kappa shape index (κ3) is 4.72. The molecule has 0 aliphatic rings. The summed E-state index contributed by atoms with van der Waals surface area (Å²) in [5, 5.41) is 2.67. The molecular formula is C17H18ClFN2O4S. The molecule has 0 aliphatic heterocycles. The van der Waals surface area contributed by atoms with Crippen LogP contribution in [0.5, 0.6) is 5.75 Å². The molecule has 0 heterocycles. The third-order valence-electron chi connectivity index (χ3n) is 3.54. The van der Waals surface area contributed by atoms with Crippen molar-refractivity contribution in [1.82, 2.24) is 4.31 Å². The van der Waals surface area contributed by atoms with Gasteiger partial charge in [-0.2, -0.15) is 4.31 Å². The number of carbonyl (C=O) groups is 1. The Morgan fingerprint density at radius 1 is 1.27 bits per heavy atom. The molecule has 140 valence electrons. The first-order valence-electron chi connectivity index (χ1n) is 7.67. The lowest BCUT2D eigenvalue weighted by atomic mass is 10.3. The number of nitrogens with one attached hydrogen (secondary N) is 1. The van der Waals surface area contributed by atoms with Crippen molar-refractivity contribution in [3.8, 4) is 5.75 Å². The minimum absolute atomic E-state index is 0.00404. The number of hydrogen-bond acceptors (Lipinski definition) is 4. The van der Waals surface area contributed by atoms with Gasteiger partial charge in [-0.25, -0.2) is 12.8 Å². The summed E-state index contributed by atoms with van der Waals surface area (Å²) in [6.07, 6.45) is 0. The number of likely N-dealkylation sites (N-methyl/N-ethyl adjacent to an activating group) is 1. The maximum atomic E-state index is 14.0. The normalized spacial score (nSPS) is 11.4. The van der Waals surface area contributed by atoms with Crippen molar-refractivity contribution in [1.29, 1.82) is 0 Å².